The zero-order chi connectivity index (χ0) is 17.4. The number of hydrogen-bond donors (Lipinski definition) is 0. The van der Waals surface area contributed by atoms with E-state index in [4.69, 9.17) is 0 Å². The summed E-state index contributed by atoms with van der Waals surface area (Å²) in [4.78, 5) is 29.2. The van der Waals surface area contributed by atoms with Crippen LogP contribution in [0, 0.1) is 11.8 Å². The van der Waals surface area contributed by atoms with Crippen molar-refractivity contribution in [2.75, 3.05) is 23.4 Å². The summed E-state index contributed by atoms with van der Waals surface area (Å²) in [6.07, 6.45) is 2.66. The molecule has 0 N–H and O–H groups in total. The first-order valence-electron chi connectivity index (χ1n) is 8.88. The Morgan fingerprint density at radius 3 is 2.52 bits per heavy atom. The highest BCUT2D eigenvalue weighted by molar-refractivity contribution is 6.05. The number of fused-ring (bicyclic) bond motifs is 1. The number of hydrogen-bond acceptors (Lipinski definition) is 2. The standard InChI is InChI=1S/C21H22N2O2/c1-22(16-10-3-2-4-11-16)20(24)17-14-18(17)21(25)23-13-7-9-15-8-5-6-12-19(15)23/h2-6,8,10-12,17-18H,7,9,13-14H2,1H3. The van der Waals surface area contributed by atoms with Gasteiger partial charge in [-0.2, -0.15) is 0 Å². The van der Waals surface area contributed by atoms with Crippen LogP contribution in [-0.4, -0.2) is 25.4 Å². The molecule has 0 aromatic heterocycles. The molecule has 0 spiro atoms. The minimum atomic E-state index is -0.188. The smallest absolute Gasteiger partial charge is 0.230 e. The molecule has 1 aliphatic heterocycles. The van der Waals surface area contributed by atoms with E-state index in [0.717, 1.165) is 30.8 Å². The molecule has 1 fully saturated rings. The van der Waals surface area contributed by atoms with Crippen molar-refractivity contribution >= 4 is 23.2 Å². The van der Waals surface area contributed by atoms with Crippen LogP contribution in [0.3, 0.4) is 0 Å². The van der Waals surface area contributed by atoms with Crippen molar-refractivity contribution in [3.05, 3.63) is 60.2 Å². The molecule has 2 amide bonds. The van der Waals surface area contributed by atoms with Gasteiger partial charge in [0.05, 0.1) is 11.8 Å². The maximum Gasteiger partial charge on any atom is 0.230 e. The molecule has 1 saturated carbocycles. The summed E-state index contributed by atoms with van der Waals surface area (Å²) >= 11 is 0. The molecular weight excluding hydrogens is 312 g/mol. The monoisotopic (exact) mass is 334 g/mol. The third kappa shape index (κ3) is 2.93. The number of aryl methyl sites for hydroxylation is 1. The molecule has 4 heteroatoms. The first kappa shape index (κ1) is 15.9. The van der Waals surface area contributed by atoms with E-state index in [9.17, 15) is 9.59 Å². The van der Waals surface area contributed by atoms with E-state index in [2.05, 4.69) is 6.07 Å². The van der Waals surface area contributed by atoms with Gasteiger partial charge in [-0.25, -0.2) is 0 Å². The number of carbonyl (C=O) groups excluding carboxylic acids is 2. The molecule has 0 bridgehead atoms. The molecule has 1 heterocycles. The predicted octanol–water partition coefficient (Wildman–Crippen LogP) is 3.26. The molecule has 2 aromatic carbocycles. The predicted molar refractivity (Wildman–Crippen MR) is 98.6 cm³/mol. The number of benzene rings is 2. The van der Waals surface area contributed by atoms with Crippen LogP contribution < -0.4 is 9.80 Å². The Bertz CT molecular complexity index is 803. The minimum absolute atomic E-state index is 0.0369. The van der Waals surface area contributed by atoms with Gasteiger partial charge in [0.1, 0.15) is 0 Å². The lowest BCUT2D eigenvalue weighted by molar-refractivity contribution is -0.124. The Morgan fingerprint density at radius 2 is 1.72 bits per heavy atom. The van der Waals surface area contributed by atoms with E-state index in [-0.39, 0.29) is 23.7 Å². The highest BCUT2D eigenvalue weighted by atomic mass is 16.2. The van der Waals surface area contributed by atoms with Gasteiger partial charge in [0, 0.05) is 25.0 Å². The molecule has 0 radical (unpaired) electrons. The molecule has 2 aromatic rings. The van der Waals surface area contributed by atoms with Gasteiger partial charge >= 0.3 is 0 Å². The second kappa shape index (κ2) is 6.36. The molecule has 4 rings (SSSR count). The van der Waals surface area contributed by atoms with Crippen molar-refractivity contribution < 1.29 is 9.59 Å². The van der Waals surface area contributed by atoms with Gasteiger partial charge in [-0.15, -0.1) is 0 Å². The largest absolute Gasteiger partial charge is 0.315 e. The fraction of sp³-hybridized carbons (Fsp3) is 0.333. The molecule has 2 aliphatic rings. The SMILES string of the molecule is CN(C(=O)C1CC1C(=O)N1CCCc2ccccc21)c1ccccc1. The third-order valence-electron chi connectivity index (χ3n) is 5.28. The number of carbonyl (C=O) groups is 2. The quantitative estimate of drug-likeness (QED) is 0.864. The van der Waals surface area contributed by atoms with E-state index in [1.54, 1.807) is 11.9 Å². The Morgan fingerprint density at radius 1 is 1.00 bits per heavy atom. The second-order valence-corrected chi connectivity index (χ2v) is 6.90. The fourth-order valence-electron chi connectivity index (χ4n) is 3.73. The van der Waals surface area contributed by atoms with Crippen LogP contribution in [0.1, 0.15) is 18.4 Å². The summed E-state index contributed by atoms with van der Waals surface area (Å²) in [5.74, 6) is -0.224. The van der Waals surface area contributed by atoms with Gasteiger partial charge < -0.3 is 9.80 Å². The van der Waals surface area contributed by atoms with Gasteiger partial charge in [0.25, 0.3) is 0 Å². The molecule has 128 valence electrons. The van der Waals surface area contributed by atoms with Crippen molar-refractivity contribution in [2.24, 2.45) is 11.8 Å². The second-order valence-electron chi connectivity index (χ2n) is 6.90. The van der Waals surface area contributed by atoms with Crippen LogP contribution in [0.4, 0.5) is 11.4 Å². The average molecular weight is 334 g/mol. The number of rotatable bonds is 3. The van der Waals surface area contributed by atoms with Gasteiger partial charge in [-0.05, 0) is 43.0 Å². The lowest BCUT2D eigenvalue weighted by Crippen LogP contribution is -2.38. The molecule has 1 aliphatic carbocycles. The maximum absolute atomic E-state index is 13.0. The topological polar surface area (TPSA) is 40.6 Å². The summed E-state index contributed by atoms with van der Waals surface area (Å²) in [5, 5.41) is 0. The Hall–Kier alpha value is -2.62. The van der Waals surface area contributed by atoms with Crippen LogP contribution in [-0.2, 0) is 16.0 Å². The minimum Gasteiger partial charge on any atom is -0.315 e. The number of para-hydroxylation sites is 2. The molecule has 4 nitrogen and oxygen atoms in total. The maximum atomic E-state index is 13.0. The van der Waals surface area contributed by atoms with E-state index >= 15 is 0 Å². The van der Waals surface area contributed by atoms with Crippen molar-refractivity contribution in [3.8, 4) is 0 Å². The van der Waals surface area contributed by atoms with Gasteiger partial charge in [0.2, 0.25) is 11.8 Å². The van der Waals surface area contributed by atoms with Crippen LogP contribution in [0.5, 0.6) is 0 Å². The summed E-state index contributed by atoms with van der Waals surface area (Å²) in [6.45, 7) is 0.752. The average Bonchev–Trinajstić information content (AvgIpc) is 3.47. The van der Waals surface area contributed by atoms with E-state index < -0.39 is 0 Å². The fourth-order valence-corrected chi connectivity index (χ4v) is 3.73. The molecule has 0 saturated heterocycles. The third-order valence-corrected chi connectivity index (χ3v) is 5.28. The summed E-state index contributed by atoms with van der Waals surface area (Å²) in [7, 11) is 1.79. The van der Waals surface area contributed by atoms with E-state index in [1.165, 1.54) is 5.56 Å². The zero-order valence-electron chi connectivity index (χ0n) is 14.4. The van der Waals surface area contributed by atoms with Crippen molar-refractivity contribution in [1.29, 1.82) is 0 Å². The number of anilines is 2. The van der Waals surface area contributed by atoms with E-state index in [1.807, 2.05) is 53.4 Å². The van der Waals surface area contributed by atoms with Crippen molar-refractivity contribution in [1.82, 2.24) is 0 Å². The highest BCUT2D eigenvalue weighted by Crippen LogP contribution is 2.43. The van der Waals surface area contributed by atoms with Crippen molar-refractivity contribution in [3.63, 3.8) is 0 Å². The molecule has 2 atom stereocenters. The summed E-state index contributed by atoms with van der Waals surface area (Å²) < 4.78 is 0. The summed E-state index contributed by atoms with van der Waals surface area (Å²) in [5.41, 5.74) is 3.12. The van der Waals surface area contributed by atoms with Crippen LogP contribution in [0.25, 0.3) is 0 Å². The molecular formula is C21H22N2O2. The summed E-state index contributed by atoms with van der Waals surface area (Å²) in [6, 6.07) is 17.7. The first-order valence-corrected chi connectivity index (χ1v) is 8.88. The van der Waals surface area contributed by atoms with Crippen LogP contribution >= 0.6 is 0 Å². The van der Waals surface area contributed by atoms with E-state index in [0.29, 0.717) is 6.42 Å². The van der Waals surface area contributed by atoms with Gasteiger partial charge in [0.15, 0.2) is 0 Å². The van der Waals surface area contributed by atoms with Gasteiger partial charge in [-0.3, -0.25) is 9.59 Å². The Kier molecular flexibility index (Phi) is 4.04. The van der Waals surface area contributed by atoms with Gasteiger partial charge in [-0.1, -0.05) is 36.4 Å². The van der Waals surface area contributed by atoms with Crippen molar-refractivity contribution in [2.45, 2.75) is 19.3 Å². The zero-order valence-corrected chi connectivity index (χ0v) is 14.4. The molecule has 25 heavy (non-hydrogen) atoms. The normalized spacial score (nSPS) is 21.4. The Labute approximate surface area is 148 Å². The number of nitrogens with zero attached hydrogens (tertiary/aromatic N) is 2. The molecule has 2 unspecified atom stereocenters. The number of amides is 2. The first-order chi connectivity index (χ1) is 12.2. The lowest BCUT2D eigenvalue weighted by atomic mass is 10.0. The highest BCUT2D eigenvalue weighted by Gasteiger charge is 2.51. The Balaban J connectivity index is 1.47. The van der Waals surface area contributed by atoms with Crippen LogP contribution in [0.2, 0.25) is 0 Å². The van der Waals surface area contributed by atoms with Crippen LogP contribution in [0.15, 0.2) is 54.6 Å². The lowest BCUT2D eigenvalue weighted by Gasteiger charge is -2.29.